The van der Waals surface area contributed by atoms with Crippen LogP contribution in [0.15, 0.2) is 36.7 Å². The first-order chi connectivity index (χ1) is 11.3. The quantitative estimate of drug-likeness (QED) is 0.751. The summed E-state index contributed by atoms with van der Waals surface area (Å²) in [6, 6.07) is 8.43. The Hall–Kier alpha value is -1.85. The van der Waals surface area contributed by atoms with Crippen molar-refractivity contribution >= 4 is 28.6 Å². The van der Waals surface area contributed by atoms with Gasteiger partial charge in [-0.05, 0) is 25.0 Å². The predicted octanol–water partition coefficient (Wildman–Crippen LogP) is 4.61. The van der Waals surface area contributed by atoms with Gasteiger partial charge in [-0.15, -0.1) is 11.3 Å². The van der Waals surface area contributed by atoms with Gasteiger partial charge in [0.15, 0.2) is 4.47 Å². The maximum Gasteiger partial charge on any atom is 0.183 e. The highest BCUT2D eigenvalue weighted by Gasteiger charge is 2.13. The summed E-state index contributed by atoms with van der Waals surface area (Å²) >= 11 is 7.35. The van der Waals surface area contributed by atoms with Crippen molar-refractivity contribution in [2.24, 2.45) is 0 Å². The number of rotatable bonds is 4. The van der Waals surface area contributed by atoms with E-state index >= 15 is 0 Å². The van der Waals surface area contributed by atoms with E-state index in [1.807, 2.05) is 6.20 Å². The minimum Gasteiger partial charge on any atom is -0.380 e. The van der Waals surface area contributed by atoms with Crippen LogP contribution >= 0.6 is 22.9 Å². The van der Waals surface area contributed by atoms with Gasteiger partial charge in [-0.25, -0.2) is 9.97 Å². The fourth-order valence-electron chi connectivity index (χ4n) is 2.87. The Morgan fingerprint density at radius 1 is 1.22 bits per heavy atom. The standard InChI is InChI=1S/C17H17ClN4S/c18-17-20-10-14(23-17)9-19-13-6-4-12(5-7-13)15-11-22-8-2-1-3-16(22)21-15/h4-7,10-11,19H,1-3,8-9H2. The lowest BCUT2D eigenvalue weighted by Crippen LogP contribution is -2.08. The molecule has 0 amide bonds. The van der Waals surface area contributed by atoms with Crippen molar-refractivity contribution in [3.05, 3.63) is 51.8 Å². The number of aromatic nitrogens is 3. The van der Waals surface area contributed by atoms with Crippen LogP contribution in [-0.4, -0.2) is 14.5 Å². The summed E-state index contributed by atoms with van der Waals surface area (Å²) in [5.74, 6) is 1.22. The van der Waals surface area contributed by atoms with Crippen molar-refractivity contribution < 1.29 is 0 Å². The molecule has 0 saturated heterocycles. The Balaban J connectivity index is 1.46. The van der Waals surface area contributed by atoms with Crippen LogP contribution in [0.2, 0.25) is 4.47 Å². The Kier molecular flexibility index (Phi) is 4.06. The molecule has 23 heavy (non-hydrogen) atoms. The van der Waals surface area contributed by atoms with Crippen LogP contribution in [0.3, 0.4) is 0 Å². The number of hydrogen-bond donors (Lipinski definition) is 1. The molecule has 0 atom stereocenters. The second kappa shape index (κ2) is 6.34. The summed E-state index contributed by atoms with van der Waals surface area (Å²) in [6.07, 6.45) is 7.59. The Morgan fingerprint density at radius 2 is 2.09 bits per heavy atom. The lowest BCUT2D eigenvalue weighted by Gasteiger charge is -2.11. The zero-order valence-electron chi connectivity index (χ0n) is 12.6. The molecule has 0 aliphatic carbocycles. The second-order valence-corrected chi connectivity index (χ2v) is 7.40. The normalized spacial score (nSPS) is 13.8. The van der Waals surface area contributed by atoms with Gasteiger partial charge in [0.1, 0.15) is 5.82 Å². The predicted molar refractivity (Wildman–Crippen MR) is 95.1 cm³/mol. The fraction of sp³-hybridized carbons (Fsp3) is 0.294. The fourth-order valence-corrected chi connectivity index (χ4v) is 3.78. The van der Waals surface area contributed by atoms with Gasteiger partial charge in [-0.2, -0.15) is 0 Å². The first kappa shape index (κ1) is 14.7. The molecule has 0 fully saturated rings. The highest BCUT2D eigenvalue weighted by Crippen LogP contribution is 2.24. The van der Waals surface area contributed by atoms with E-state index < -0.39 is 0 Å². The largest absolute Gasteiger partial charge is 0.380 e. The van der Waals surface area contributed by atoms with Crippen molar-refractivity contribution in [3.63, 3.8) is 0 Å². The number of halogens is 1. The molecule has 4 rings (SSSR count). The lowest BCUT2D eigenvalue weighted by atomic mass is 10.1. The van der Waals surface area contributed by atoms with Gasteiger partial charge in [-0.3, -0.25) is 0 Å². The molecule has 0 radical (unpaired) electrons. The van der Waals surface area contributed by atoms with Gasteiger partial charge < -0.3 is 9.88 Å². The highest BCUT2D eigenvalue weighted by atomic mass is 35.5. The third kappa shape index (κ3) is 3.26. The molecule has 118 valence electrons. The molecule has 0 saturated carbocycles. The number of thiazole rings is 1. The van der Waals surface area contributed by atoms with Crippen LogP contribution in [0.1, 0.15) is 23.5 Å². The smallest absolute Gasteiger partial charge is 0.183 e. The summed E-state index contributed by atoms with van der Waals surface area (Å²) in [5, 5.41) is 3.39. The molecule has 3 heterocycles. The topological polar surface area (TPSA) is 42.7 Å². The molecule has 1 aliphatic rings. The number of nitrogens with zero attached hydrogens (tertiary/aromatic N) is 3. The highest BCUT2D eigenvalue weighted by molar-refractivity contribution is 7.15. The molecule has 3 aromatic rings. The molecule has 1 aliphatic heterocycles. The van der Waals surface area contributed by atoms with Gasteiger partial charge in [0.25, 0.3) is 0 Å². The van der Waals surface area contributed by atoms with Gasteiger partial charge in [0.2, 0.25) is 0 Å². The zero-order chi connectivity index (χ0) is 15.6. The molecule has 0 bridgehead atoms. The first-order valence-corrected chi connectivity index (χ1v) is 8.98. The average molecular weight is 345 g/mol. The number of aryl methyl sites for hydroxylation is 2. The monoisotopic (exact) mass is 344 g/mol. The Bertz CT molecular complexity index is 783. The zero-order valence-corrected chi connectivity index (χ0v) is 14.2. The third-order valence-electron chi connectivity index (χ3n) is 4.08. The average Bonchev–Trinajstić information content (AvgIpc) is 3.19. The first-order valence-electron chi connectivity index (χ1n) is 7.78. The van der Waals surface area contributed by atoms with Crippen LogP contribution in [-0.2, 0) is 19.5 Å². The molecule has 0 spiro atoms. The van der Waals surface area contributed by atoms with Crippen LogP contribution < -0.4 is 5.32 Å². The van der Waals surface area contributed by atoms with Crippen LogP contribution in [0.25, 0.3) is 11.3 Å². The summed E-state index contributed by atoms with van der Waals surface area (Å²) in [6.45, 7) is 1.84. The van der Waals surface area contributed by atoms with Crippen molar-refractivity contribution in [2.45, 2.75) is 32.4 Å². The van der Waals surface area contributed by atoms with Crippen LogP contribution in [0, 0.1) is 0 Å². The van der Waals surface area contributed by atoms with Gasteiger partial charge in [0, 0.05) is 41.5 Å². The molecule has 6 heteroatoms. The number of fused-ring (bicyclic) bond motifs is 1. The summed E-state index contributed by atoms with van der Waals surface area (Å²) in [5.41, 5.74) is 3.32. The van der Waals surface area contributed by atoms with Crippen LogP contribution in [0.4, 0.5) is 5.69 Å². The Labute approximate surface area is 144 Å². The number of anilines is 1. The van der Waals surface area contributed by atoms with E-state index in [1.54, 1.807) is 0 Å². The number of benzene rings is 1. The summed E-state index contributed by atoms with van der Waals surface area (Å²) in [7, 11) is 0. The van der Waals surface area contributed by atoms with E-state index in [-0.39, 0.29) is 0 Å². The number of imidazole rings is 1. The molecule has 1 N–H and O–H groups in total. The molecular formula is C17H17ClN4S. The van der Waals surface area contributed by atoms with E-state index in [0.29, 0.717) is 4.47 Å². The van der Waals surface area contributed by atoms with Crippen molar-refractivity contribution in [2.75, 3.05) is 5.32 Å². The minimum atomic E-state index is 0.584. The van der Waals surface area contributed by atoms with Crippen molar-refractivity contribution in [3.8, 4) is 11.3 Å². The molecule has 4 nitrogen and oxygen atoms in total. The molecule has 2 aromatic heterocycles. The maximum atomic E-state index is 5.84. The van der Waals surface area contributed by atoms with E-state index in [4.69, 9.17) is 16.6 Å². The number of nitrogens with one attached hydrogen (secondary N) is 1. The minimum absolute atomic E-state index is 0.584. The van der Waals surface area contributed by atoms with Crippen LogP contribution in [0.5, 0.6) is 0 Å². The Morgan fingerprint density at radius 3 is 2.83 bits per heavy atom. The molecule has 0 unspecified atom stereocenters. The van der Waals surface area contributed by atoms with Gasteiger partial charge >= 0.3 is 0 Å². The van der Waals surface area contributed by atoms with Gasteiger partial charge in [-0.1, -0.05) is 23.7 Å². The van der Waals surface area contributed by atoms with E-state index in [9.17, 15) is 0 Å². The maximum absolute atomic E-state index is 5.84. The van der Waals surface area contributed by atoms with Crippen molar-refractivity contribution in [1.82, 2.24) is 14.5 Å². The summed E-state index contributed by atoms with van der Waals surface area (Å²) < 4.78 is 2.87. The summed E-state index contributed by atoms with van der Waals surface area (Å²) in [4.78, 5) is 9.94. The molecular weight excluding hydrogens is 328 g/mol. The SMILES string of the molecule is Clc1ncc(CNc2ccc(-c3cn4c(n3)CCCC4)cc2)s1. The van der Waals surface area contributed by atoms with E-state index in [2.05, 4.69) is 45.3 Å². The van der Waals surface area contributed by atoms with Crippen molar-refractivity contribution in [1.29, 1.82) is 0 Å². The molecule has 1 aromatic carbocycles. The third-order valence-corrected chi connectivity index (χ3v) is 5.20. The number of hydrogen-bond acceptors (Lipinski definition) is 4. The van der Waals surface area contributed by atoms with E-state index in [1.165, 1.54) is 35.6 Å². The van der Waals surface area contributed by atoms with E-state index in [0.717, 1.165) is 35.8 Å². The second-order valence-electron chi connectivity index (χ2n) is 5.70. The van der Waals surface area contributed by atoms with Gasteiger partial charge in [0.05, 0.1) is 12.2 Å². The lowest BCUT2D eigenvalue weighted by molar-refractivity contribution is 0.522.